The molecule has 0 aliphatic rings. The minimum Gasteiger partial charge on any atom is -0.267 e. The lowest BCUT2D eigenvalue weighted by Gasteiger charge is -2.13. The summed E-state index contributed by atoms with van der Waals surface area (Å²) in [5.74, 6) is -0.536. The number of hydrogen-bond donors (Lipinski definition) is 0. The van der Waals surface area contributed by atoms with Crippen LogP contribution in [-0.4, -0.2) is 28.4 Å². The zero-order chi connectivity index (χ0) is 15.4. The van der Waals surface area contributed by atoms with Gasteiger partial charge in [-0.15, -0.1) is 0 Å². The summed E-state index contributed by atoms with van der Waals surface area (Å²) in [6.07, 6.45) is 0. The van der Waals surface area contributed by atoms with Crippen molar-refractivity contribution >= 4 is 17.3 Å². The van der Waals surface area contributed by atoms with Crippen LogP contribution in [0.2, 0.25) is 0 Å². The summed E-state index contributed by atoms with van der Waals surface area (Å²) in [5.41, 5.74) is 1.95. The lowest BCUT2D eigenvalue weighted by molar-refractivity contribution is 0.0974. The fraction of sp³-hybridized carbons (Fsp3) is 0.200. The number of hydrogen-bond acceptors (Lipinski definition) is 5. The van der Waals surface area contributed by atoms with Gasteiger partial charge in [0.1, 0.15) is 6.07 Å². The Labute approximate surface area is 122 Å². The van der Waals surface area contributed by atoms with E-state index < -0.39 is 5.91 Å². The number of anilines is 1. The molecule has 0 bridgehead atoms. The Morgan fingerprint density at radius 1 is 1.33 bits per heavy atom. The van der Waals surface area contributed by atoms with Crippen LogP contribution in [0.1, 0.15) is 16.2 Å². The first-order valence-corrected chi connectivity index (χ1v) is 6.38. The summed E-state index contributed by atoms with van der Waals surface area (Å²) >= 11 is 0. The van der Waals surface area contributed by atoms with Gasteiger partial charge in [-0.3, -0.25) is 9.80 Å². The molecule has 0 spiro atoms. The standard InChI is InChI=1S/C15H15N5O/c1-11-9-12(2)20(17-11)15(21)14(10-16)18-19(3)13-7-5-4-6-8-13/h4-9H,1-3H3/b18-14+. The molecule has 0 aliphatic carbocycles. The Kier molecular flexibility index (Phi) is 4.14. The van der Waals surface area contributed by atoms with Crippen LogP contribution in [-0.2, 0) is 0 Å². The number of carbonyl (C=O) groups is 1. The SMILES string of the molecule is Cc1cc(C)n(C(=O)/C(C#N)=N/N(C)c2ccccc2)n1. The molecule has 2 aromatic rings. The van der Waals surface area contributed by atoms with E-state index >= 15 is 0 Å². The van der Waals surface area contributed by atoms with Gasteiger partial charge < -0.3 is 0 Å². The minimum atomic E-state index is -0.536. The molecule has 0 saturated carbocycles. The van der Waals surface area contributed by atoms with Gasteiger partial charge in [-0.2, -0.15) is 20.1 Å². The maximum absolute atomic E-state index is 12.3. The molecular weight excluding hydrogens is 266 g/mol. The topological polar surface area (TPSA) is 74.3 Å². The van der Waals surface area contributed by atoms with Crippen molar-refractivity contribution in [2.75, 3.05) is 12.1 Å². The molecule has 0 amide bonds. The molecule has 21 heavy (non-hydrogen) atoms. The average Bonchev–Trinajstić information content (AvgIpc) is 2.83. The Hall–Kier alpha value is -2.94. The molecule has 106 valence electrons. The quantitative estimate of drug-likeness (QED) is 0.638. The minimum absolute atomic E-state index is 0.215. The maximum Gasteiger partial charge on any atom is 0.309 e. The number of rotatable bonds is 3. The summed E-state index contributed by atoms with van der Waals surface area (Å²) < 4.78 is 1.19. The second-order valence-electron chi connectivity index (χ2n) is 4.56. The number of benzene rings is 1. The van der Waals surface area contributed by atoms with Crippen LogP contribution in [0, 0.1) is 25.2 Å². The van der Waals surface area contributed by atoms with Gasteiger partial charge in [-0.25, -0.2) is 0 Å². The Morgan fingerprint density at radius 3 is 2.52 bits per heavy atom. The molecule has 0 saturated heterocycles. The molecule has 0 aliphatic heterocycles. The summed E-state index contributed by atoms with van der Waals surface area (Å²) in [7, 11) is 1.68. The third-order valence-corrected chi connectivity index (χ3v) is 2.89. The third-order valence-electron chi connectivity index (χ3n) is 2.89. The Balaban J connectivity index is 2.32. The number of para-hydroxylation sites is 1. The first-order chi connectivity index (χ1) is 10.0. The van der Waals surface area contributed by atoms with Crippen molar-refractivity contribution in [2.45, 2.75) is 13.8 Å². The van der Waals surface area contributed by atoms with Gasteiger partial charge in [0.25, 0.3) is 0 Å². The van der Waals surface area contributed by atoms with E-state index in [2.05, 4.69) is 10.2 Å². The van der Waals surface area contributed by atoms with Gasteiger partial charge in [0, 0.05) is 12.7 Å². The fourth-order valence-electron chi connectivity index (χ4n) is 1.90. The van der Waals surface area contributed by atoms with Crippen molar-refractivity contribution in [3.63, 3.8) is 0 Å². The average molecular weight is 281 g/mol. The van der Waals surface area contributed by atoms with Crippen molar-refractivity contribution in [1.82, 2.24) is 9.78 Å². The van der Waals surface area contributed by atoms with E-state index in [9.17, 15) is 10.1 Å². The van der Waals surface area contributed by atoms with Crippen molar-refractivity contribution in [3.05, 3.63) is 47.8 Å². The molecule has 0 radical (unpaired) electrons. The number of carbonyl (C=O) groups excluding carboxylic acids is 1. The maximum atomic E-state index is 12.3. The molecule has 2 rings (SSSR count). The van der Waals surface area contributed by atoms with Crippen LogP contribution in [0.3, 0.4) is 0 Å². The predicted molar refractivity (Wildman–Crippen MR) is 80.2 cm³/mol. The largest absolute Gasteiger partial charge is 0.309 e. The summed E-state index contributed by atoms with van der Waals surface area (Å²) in [4.78, 5) is 12.3. The highest BCUT2D eigenvalue weighted by atomic mass is 16.2. The predicted octanol–water partition coefficient (Wildman–Crippen LogP) is 2.16. The van der Waals surface area contributed by atoms with Gasteiger partial charge in [0.15, 0.2) is 0 Å². The number of aryl methyl sites for hydroxylation is 2. The molecule has 6 nitrogen and oxygen atoms in total. The van der Waals surface area contributed by atoms with E-state index in [4.69, 9.17) is 0 Å². The monoisotopic (exact) mass is 281 g/mol. The second kappa shape index (κ2) is 6.01. The molecular formula is C15H15N5O. The van der Waals surface area contributed by atoms with E-state index in [1.54, 1.807) is 27.0 Å². The van der Waals surface area contributed by atoms with Crippen molar-refractivity contribution in [2.24, 2.45) is 5.10 Å². The summed E-state index contributed by atoms with van der Waals surface area (Å²) in [6.45, 7) is 3.55. The van der Waals surface area contributed by atoms with Crippen molar-refractivity contribution < 1.29 is 4.79 Å². The van der Waals surface area contributed by atoms with Crippen LogP contribution in [0.4, 0.5) is 5.69 Å². The van der Waals surface area contributed by atoms with E-state index in [0.717, 1.165) is 11.4 Å². The molecule has 0 unspecified atom stereocenters. The van der Waals surface area contributed by atoms with Gasteiger partial charge in [0.2, 0.25) is 5.71 Å². The highest BCUT2D eigenvalue weighted by molar-refractivity contribution is 6.45. The zero-order valence-corrected chi connectivity index (χ0v) is 12.1. The van der Waals surface area contributed by atoms with E-state index in [1.807, 2.05) is 36.4 Å². The van der Waals surface area contributed by atoms with Gasteiger partial charge in [-0.05, 0) is 32.0 Å². The molecule has 0 N–H and O–H groups in total. The molecule has 1 heterocycles. The lowest BCUT2D eigenvalue weighted by Crippen LogP contribution is -2.26. The smallest absolute Gasteiger partial charge is 0.267 e. The van der Waals surface area contributed by atoms with E-state index in [-0.39, 0.29) is 5.71 Å². The second-order valence-corrected chi connectivity index (χ2v) is 4.56. The normalized spacial score (nSPS) is 11.0. The number of aromatic nitrogens is 2. The van der Waals surface area contributed by atoms with Crippen molar-refractivity contribution in [1.29, 1.82) is 5.26 Å². The molecule has 6 heteroatoms. The van der Waals surface area contributed by atoms with Gasteiger partial charge >= 0.3 is 5.91 Å². The Bertz CT molecular complexity index is 724. The first kappa shape index (κ1) is 14.5. The van der Waals surface area contributed by atoms with Crippen LogP contribution in [0.5, 0.6) is 0 Å². The molecule has 1 aromatic heterocycles. The van der Waals surface area contributed by atoms with Crippen molar-refractivity contribution in [3.8, 4) is 6.07 Å². The number of hydrazone groups is 1. The zero-order valence-electron chi connectivity index (χ0n) is 12.1. The van der Waals surface area contributed by atoms with Crippen LogP contribution in [0.15, 0.2) is 41.5 Å². The molecule has 0 fully saturated rings. The summed E-state index contributed by atoms with van der Waals surface area (Å²) in [6, 6.07) is 12.9. The Morgan fingerprint density at radius 2 is 2.00 bits per heavy atom. The van der Waals surface area contributed by atoms with Gasteiger partial charge in [0.05, 0.1) is 11.4 Å². The fourth-order valence-corrected chi connectivity index (χ4v) is 1.90. The highest BCUT2D eigenvalue weighted by Crippen LogP contribution is 2.11. The lowest BCUT2D eigenvalue weighted by atomic mass is 10.3. The highest BCUT2D eigenvalue weighted by Gasteiger charge is 2.18. The summed E-state index contributed by atoms with van der Waals surface area (Å²) in [5, 5.41) is 18.8. The van der Waals surface area contributed by atoms with E-state index in [1.165, 1.54) is 9.69 Å². The van der Waals surface area contributed by atoms with Crippen LogP contribution < -0.4 is 5.01 Å². The van der Waals surface area contributed by atoms with Crippen LogP contribution in [0.25, 0.3) is 0 Å². The first-order valence-electron chi connectivity index (χ1n) is 6.38. The molecule has 1 aromatic carbocycles. The number of nitrogens with zero attached hydrogens (tertiary/aromatic N) is 5. The van der Waals surface area contributed by atoms with Crippen LogP contribution >= 0.6 is 0 Å². The number of nitriles is 1. The third kappa shape index (κ3) is 3.15. The van der Waals surface area contributed by atoms with Gasteiger partial charge in [-0.1, -0.05) is 18.2 Å². The van der Waals surface area contributed by atoms with E-state index in [0.29, 0.717) is 5.69 Å². The molecule has 0 atom stereocenters.